The Balaban J connectivity index is 2.15. The van der Waals surface area contributed by atoms with Crippen LogP contribution < -0.4 is 15.1 Å². The first kappa shape index (κ1) is 23.8. The van der Waals surface area contributed by atoms with E-state index in [-0.39, 0.29) is 30.3 Å². The highest BCUT2D eigenvalue weighted by Gasteiger charge is 2.23. The summed E-state index contributed by atoms with van der Waals surface area (Å²) in [5, 5.41) is 0.480. The van der Waals surface area contributed by atoms with Crippen LogP contribution in [-0.4, -0.2) is 37.4 Å². The number of rotatable bonds is 9. The standard InChI is InChI=1S/C25H26O8/c1-5-29-24(27)15(3)31-18-12-20(32-16(4)25(28)30-6-2)23-19(17-10-8-7-9-11-17)14-22(26)33-21(23)13-18/h7-16H,5-6H2,1-4H3/t15-,16+/m1/s1. The van der Waals surface area contributed by atoms with Gasteiger partial charge >= 0.3 is 17.6 Å². The van der Waals surface area contributed by atoms with Crippen molar-refractivity contribution in [3.63, 3.8) is 0 Å². The molecule has 0 spiro atoms. The Morgan fingerprint density at radius 2 is 1.48 bits per heavy atom. The van der Waals surface area contributed by atoms with Gasteiger partial charge in [0.2, 0.25) is 0 Å². The van der Waals surface area contributed by atoms with Gasteiger partial charge in [0.1, 0.15) is 17.1 Å². The van der Waals surface area contributed by atoms with E-state index in [9.17, 15) is 14.4 Å². The van der Waals surface area contributed by atoms with Crippen molar-refractivity contribution in [3.05, 3.63) is 59.0 Å². The molecule has 174 valence electrons. The molecule has 8 heteroatoms. The fourth-order valence-corrected chi connectivity index (χ4v) is 3.26. The molecule has 0 saturated carbocycles. The number of benzene rings is 2. The molecule has 0 amide bonds. The third-order valence-corrected chi connectivity index (χ3v) is 4.72. The van der Waals surface area contributed by atoms with Crippen molar-refractivity contribution in [2.75, 3.05) is 13.2 Å². The molecule has 0 aliphatic heterocycles. The molecule has 3 aromatic rings. The molecule has 0 bridgehead atoms. The predicted molar refractivity (Wildman–Crippen MR) is 121 cm³/mol. The summed E-state index contributed by atoms with van der Waals surface area (Å²) in [6.07, 6.45) is -1.86. The molecular formula is C25H26O8. The molecule has 0 saturated heterocycles. The van der Waals surface area contributed by atoms with E-state index in [0.717, 1.165) is 5.56 Å². The normalized spacial score (nSPS) is 12.6. The Labute approximate surface area is 191 Å². The summed E-state index contributed by atoms with van der Waals surface area (Å²) in [7, 11) is 0. The number of hydrogen-bond donors (Lipinski definition) is 0. The Hall–Kier alpha value is -3.81. The highest BCUT2D eigenvalue weighted by molar-refractivity contribution is 5.98. The van der Waals surface area contributed by atoms with E-state index >= 15 is 0 Å². The van der Waals surface area contributed by atoms with Crippen molar-refractivity contribution < 1.29 is 33.0 Å². The van der Waals surface area contributed by atoms with Gasteiger partial charge in [-0.05, 0) is 33.3 Å². The Kier molecular flexibility index (Phi) is 7.71. The van der Waals surface area contributed by atoms with Gasteiger partial charge in [-0.2, -0.15) is 0 Å². The second-order valence-corrected chi connectivity index (χ2v) is 7.16. The summed E-state index contributed by atoms with van der Waals surface area (Å²) in [4.78, 5) is 36.6. The van der Waals surface area contributed by atoms with Crippen LogP contribution in [-0.2, 0) is 19.1 Å². The molecule has 3 rings (SSSR count). The zero-order valence-corrected chi connectivity index (χ0v) is 19.0. The monoisotopic (exact) mass is 454 g/mol. The lowest BCUT2D eigenvalue weighted by atomic mass is 10.0. The van der Waals surface area contributed by atoms with Crippen LogP contribution in [0, 0.1) is 0 Å². The maximum Gasteiger partial charge on any atom is 0.347 e. The van der Waals surface area contributed by atoms with Gasteiger partial charge in [0.05, 0.1) is 18.6 Å². The molecule has 0 radical (unpaired) electrons. The van der Waals surface area contributed by atoms with Crippen LogP contribution >= 0.6 is 0 Å². The number of carbonyl (C=O) groups is 2. The van der Waals surface area contributed by atoms with E-state index < -0.39 is 29.8 Å². The second-order valence-electron chi connectivity index (χ2n) is 7.16. The molecule has 1 aromatic heterocycles. The van der Waals surface area contributed by atoms with Crippen molar-refractivity contribution in [2.45, 2.75) is 39.9 Å². The topological polar surface area (TPSA) is 101 Å². The first-order chi connectivity index (χ1) is 15.8. The van der Waals surface area contributed by atoms with Crippen molar-refractivity contribution >= 4 is 22.9 Å². The lowest BCUT2D eigenvalue weighted by Crippen LogP contribution is -2.27. The molecule has 0 unspecified atom stereocenters. The molecule has 0 fully saturated rings. The van der Waals surface area contributed by atoms with Crippen LogP contribution in [0.15, 0.2) is 57.7 Å². The van der Waals surface area contributed by atoms with Gasteiger partial charge in [-0.1, -0.05) is 30.3 Å². The van der Waals surface area contributed by atoms with Gasteiger partial charge in [-0.25, -0.2) is 14.4 Å². The molecule has 0 N–H and O–H groups in total. The van der Waals surface area contributed by atoms with E-state index in [0.29, 0.717) is 10.9 Å². The summed E-state index contributed by atoms with van der Waals surface area (Å²) >= 11 is 0. The van der Waals surface area contributed by atoms with E-state index in [1.807, 2.05) is 30.3 Å². The second kappa shape index (κ2) is 10.7. The summed E-state index contributed by atoms with van der Waals surface area (Å²) in [5.41, 5.74) is 0.942. The van der Waals surface area contributed by atoms with E-state index in [2.05, 4.69) is 0 Å². The Bertz CT molecular complexity index is 1180. The molecule has 2 atom stereocenters. The number of ether oxygens (including phenoxy) is 4. The highest BCUT2D eigenvalue weighted by Crippen LogP contribution is 2.38. The summed E-state index contributed by atoms with van der Waals surface area (Å²) in [5.74, 6) is -0.640. The zero-order chi connectivity index (χ0) is 24.0. The first-order valence-electron chi connectivity index (χ1n) is 10.7. The molecule has 1 heterocycles. The third-order valence-electron chi connectivity index (χ3n) is 4.72. The van der Waals surface area contributed by atoms with Crippen molar-refractivity contribution in [2.24, 2.45) is 0 Å². The summed E-state index contributed by atoms with van der Waals surface area (Å²) in [6, 6.07) is 13.6. The van der Waals surface area contributed by atoms with Gasteiger partial charge in [0.25, 0.3) is 0 Å². The van der Waals surface area contributed by atoms with Crippen molar-refractivity contribution in [1.29, 1.82) is 0 Å². The lowest BCUT2D eigenvalue weighted by molar-refractivity contribution is -0.151. The van der Waals surface area contributed by atoms with Gasteiger partial charge in [0, 0.05) is 23.8 Å². The van der Waals surface area contributed by atoms with Gasteiger partial charge in [0.15, 0.2) is 12.2 Å². The van der Waals surface area contributed by atoms with Crippen molar-refractivity contribution in [3.8, 4) is 22.6 Å². The Morgan fingerprint density at radius 1 is 0.879 bits per heavy atom. The van der Waals surface area contributed by atoms with Gasteiger partial charge < -0.3 is 23.4 Å². The Morgan fingerprint density at radius 3 is 2.09 bits per heavy atom. The number of fused-ring (bicyclic) bond motifs is 1. The fraction of sp³-hybridized carbons (Fsp3) is 0.320. The number of carbonyl (C=O) groups excluding carboxylic acids is 2. The highest BCUT2D eigenvalue weighted by atomic mass is 16.6. The van der Waals surface area contributed by atoms with Crippen LogP contribution in [0.1, 0.15) is 27.7 Å². The minimum Gasteiger partial charge on any atom is -0.479 e. The van der Waals surface area contributed by atoms with Gasteiger partial charge in [-0.15, -0.1) is 0 Å². The molecule has 8 nitrogen and oxygen atoms in total. The fourth-order valence-electron chi connectivity index (χ4n) is 3.26. The third kappa shape index (κ3) is 5.71. The van der Waals surface area contributed by atoms with E-state index in [4.69, 9.17) is 23.4 Å². The molecule has 0 aliphatic carbocycles. The minimum absolute atomic E-state index is 0.181. The van der Waals surface area contributed by atoms with Crippen molar-refractivity contribution in [1.82, 2.24) is 0 Å². The number of hydrogen-bond acceptors (Lipinski definition) is 8. The first-order valence-corrected chi connectivity index (χ1v) is 10.7. The van der Waals surface area contributed by atoms with Crippen LogP contribution in [0.3, 0.4) is 0 Å². The lowest BCUT2D eigenvalue weighted by Gasteiger charge is -2.19. The predicted octanol–water partition coefficient (Wildman–Crippen LogP) is 4.12. The molecule has 2 aromatic carbocycles. The largest absolute Gasteiger partial charge is 0.479 e. The zero-order valence-electron chi connectivity index (χ0n) is 19.0. The molecule has 0 aliphatic rings. The maximum atomic E-state index is 12.3. The SMILES string of the molecule is CCOC(=O)[C@H](C)Oc1cc(O[C@H](C)C(=O)OCC)cc2oc(=O)cc(-c3ccccc3)c12. The summed E-state index contributed by atoms with van der Waals surface area (Å²) in [6.45, 7) is 6.92. The van der Waals surface area contributed by atoms with Crippen LogP contribution in [0.25, 0.3) is 22.1 Å². The van der Waals surface area contributed by atoms with Crippen LogP contribution in [0.2, 0.25) is 0 Å². The van der Waals surface area contributed by atoms with E-state index in [1.165, 1.54) is 12.1 Å². The van der Waals surface area contributed by atoms with E-state index in [1.54, 1.807) is 33.8 Å². The average molecular weight is 454 g/mol. The van der Waals surface area contributed by atoms with Crippen LogP contribution in [0.4, 0.5) is 0 Å². The van der Waals surface area contributed by atoms with Gasteiger partial charge in [-0.3, -0.25) is 0 Å². The number of esters is 2. The maximum absolute atomic E-state index is 12.3. The molecule has 33 heavy (non-hydrogen) atoms. The molecular weight excluding hydrogens is 428 g/mol. The average Bonchev–Trinajstić information content (AvgIpc) is 2.79. The quantitative estimate of drug-likeness (QED) is 0.352. The summed E-state index contributed by atoms with van der Waals surface area (Å²) < 4.78 is 27.1. The smallest absolute Gasteiger partial charge is 0.347 e. The minimum atomic E-state index is -0.943. The van der Waals surface area contributed by atoms with Crippen LogP contribution in [0.5, 0.6) is 11.5 Å².